The Morgan fingerprint density at radius 1 is 0.890 bits per heavy atom. The lowest BCUT2D eigenvalue weighted by Crippen LogP contribution is -2.59. The van der Waals surface area contributed by atoms with Crippen LogP contribution in [0.3, 0.4) is 0 Å². The van der Waals surface area contributed by atoms with E-state index in [1.807, 2.05) is 43.3 Å². The molecular formula is C60H74FN9O11S. The molecule has 5 aromatic rings. The molecule has 2 aromatic heterocycles. The van der Waals surface area contributed by atoms with E-state index < -0.39 is 58.9 Å². The first kappa shape index (κ1) is 60.4. The van der Waals surface area contributed by atoms with Gasteiger partial charge in [0.05, 0.1) is 46.3 Å². The zero-order valence-corrected chi connectivity index (χ0v) is 48.1. The highest BCUT2D eigenvalue weighted by molar-refractivity contribution is 7.13. The number of nitrogens with one attached hydrogen (secondary N) is 5. The van der Waals surface area contributed by atoms with E-state index >= 15 is 0 Å². The average molecular weight is 1150 g/mol. The van der Waals surface area contributed by atoms with Gasteiger partial charge in [0, 0.05) is 51.8 Å². The number of benzene rings is 3. The maximum atomic E-state index is 14.8. The number of rotatable bonds is 25. The molecule has 1 saturated heterocycles. The summed E-state index contributed by atoms with van der Waals surface area (Å²) < 4.78 is 26.0. The first-order valence-corrected chi connectivity index (χ1v) is 28.9. The third-order valence-corrected chi connectivity index (χ3v) is 16.1. The Labute approximate surface area is 480 Å². The Morgan fingerprint density at radius 3 is 2.22 bits per heavy atom. The zero-order chi connectivity index (χ0) is 58.9. The van der Waals surface area contributed by atoms with Crippen molar-refractivity contribution in [3.63, 3.8) is 0 Å². The van der Waals surface area contributed by atoms with Crippen LogP contribution in [0.2, 0.25) is 0 Å². The number of hydrogen-bond donors (Lipinski definition) is 7. The first-order valence-electron chi connectivity index (χ1n) is 28.0. The largest absolute Gasteiger partial charge is 0.507 e. The molecule has 3 heterocycles. The number of nitrogens with zero attached hydrogens (tertiary/aromatic N) is 4. The number of aliphatic hydroxyl groups excluding tert-OH is 1. The molecule has 0 radical (unpaired) electrons. The molecule has 7 N–H and O–H groups in total. The predicted octanol–water partition coefficient (Wildman–Crippen LogP) is 6.79. The second-order valence-corrected chi connectivity index (χ2v) is 23.7. The summed E-state index contributed by atoms with van der Waals surface area (Å²) in [5.74, 6) is -2.85. The number of halogens is 1. The van der Waals surface area contributed by atoms with Crippen LogP contribution in [-0.2, 0) is 30.4 Å². The number of fused-ring (bicyclic) bond motifs is 1. The molecule has 1 saturated carbocycles. The Balaban J connectivity index is 0.740. The van der Waals surface area contributed by atoms with Gasteiger partial charge in [0.15, 0.2) is 23.7 Å². The fraction of sp³-hybridized carbons (Fsp3) is 0.483. The monoisotopic (exact) mass is 1150 g/mol. The number of β-amino-alcohol motifs (C(OH)–C–C–N with tert-alkyl or cyclic N) is 1. The van der Waals surface area contributed by atoms with E-state index in [1.54, 1.807) is 52.5 Å². The number of amides is 7. The number of likely N-dealkylation sites (tertiary alicyclic amines) is 1. The number of carbonyl (C=O) groups excluding carboxylic acids is 7. The third kappa shape index (κ3) is 15.2. The maximum absolute atomic E-state index is 14.8. The van der Waals surface area contributed by atoms with E-state index in [1.165, 1.54) is 39.3 Å². The molecule has 0 bridgehead atoms. The highest BCUT2D eigenvalue weighted by Gasteiger charge is 2.53. The summed E-state index contributed by atoms with van der Waals surface area (Å²) in [4.78, 5) is 101. The molecule has 3 aliphatic rings. The minimum Gasteiger partial charge on any atom is -0.507 e. The second kappa shape index (κ2) is 26.5. The van der Waals surface area contributed by atoms with Crippen LogP contribution in [0.1, 0.15) is 147 Å². The van der Waals surface area contributed by atoms with Crippen LogP contribution in [0, 0.1) is 12.3 Å². The minimum atomic E-state index is -2.02. The van der Waals surface area contributed by atoms with E-state index in [9.17, 15) is 48.2 Å². The number of thiazole rings is 1. The molecule has 2 aliphatic carbocycles. The Kier molecular flexibility index (Phi) is 19.5. The van der Waals surface area contributed by atoms with Crippen molar-refractivity contribution in [2.24, 2.45) is 5.41 Å². The van der Waals surface area contributed by atoms with Gasteiger partial charge in [0.25, 0.3) is 23.6 Å². The van der Waals surface area contributed by atoms with Gasteiger partial charge in [-0.1, -0.05) is 88.0 Å². The number of aryl methyl sites for hydroxylation is 2. The predicted molar refractivity (Wildman–Crippen MR) is 304 cm³/mol. The van der Waals surface area contributed by atoms with Gasteiger partial charge in [-0.2, -0.15) is 0 Å². The quantitative estimate of drug-likeness (QED) is 0.0297. The molecule has 438 valence electrons. The summed E-state index contributed by atoms with van der Waals surface area (Å²) in [6, 6.07) is 15.6. The molecule has 5 atom stereocenters. The smallest absolute Gasteiger partial charge is 0.273 e. The number of phenolic OH excluding ortho intramolecular Hbond substituents is 1. The lowest BCUT2D eigenvalue weighted by atomic mass is 9.85. The fourth-order valence-corrected chi connectivity index (χ4v) is 11.0. The standard InChI is InChI=1S/C60H74FN9O11S/c1-35-52(82-34-64-35)38-15-13-37(14-16-38)45(66-55(76)47-28-40(71)32-70(47)57(78)53(59(2,3)4)67-58(79)60(61)23-24-60)31-50(73)62-25-11-9-7-8-10-12-26-63-51(74)33-80-41-20-17-36-19-22-44(43(36)29-41)65-54(75)46-30-49(81-68-46)39-18-21-42(48(72)27-39)56(77)69(5)6/h13-18,20-21,27,29-30,34,40,44-45,47,53,71-72H,7-12,19,22-26,28,31-33H2,1-6H3,(H,62,73)(H,63,74)(H,65,75)(H,66,76)(H,67,79)/t40-,44?,45+,47+,53-/m1/s1. The normalized spacial score (nSPS) is 17.7. The van der Waals surface area contributed by atoms with Crippen LogP contribution in [-0.4, -0.2) is 136 Å². The number of unbranched alkanes of at least 4 members (excludes halogenated alkanes) is 5. The van der Waals surface area contributed by atoms with Crippen molar-refractivity contribution in [1.82, 2.24) is 46.5 Å². The minimum absolute atomic E-state index is 0.0514. The third-order valence-electron chi connectivity index (χ3n) is 15.2. The molecule has 22 heteroatoms. The number of hydrogen-bond acceptors (Lipinski definition) is 14. The van der Waals surface area contributed by atoms with Gasteiger partial charge in [0.1, 0.15) is 23.6 Å². The molecule has 3 aromatic carbocycles. The van der Waals surface area contributed by atoms with E-state index in [-0.39, 0.29) is 85.4 Å². The van der Waals surface area contributed by atoms with Crippen LogP contribution in [0.25, 0.3) is 21.8 Å². The summed E-state index contributed by atoms with van der Waals surface area (Å²) in [5.41, 5.74) is 3.95. The van der Waals surface area contributed by atoms with Gasteiger partial charge in [-0.3, -0.25) is 33.6 Å². The summed E-state index contributed by atoms with van der Waals surface area (Å²) in [6.45, 7) is 7.71. The summed E-state index contributed by atoms with van der Waals surface area (Å²) in [6.07, 6.45) is 5.51. The van der Waals surface area contributed by atoms with Crippen LogP contribution >= 0.6 is 11.3 Å². The van der Waals surface area contributed by atoms with Crippen LogP contribution in [0.5, 0.6) is 11.5 Å². The molecule has 82 heavy (non-hydrogen) atoms. The number of alkyl halides is 1. The SMILES string of the molecule is Cc1ncsc1-c1ccc([C@H](CC(=O)NCCCCCCCCNC(=O)COc2ccc3c(c2)C(NC(=O)c2cc(-c4ccc(C(=O)N(C)C)c(O)c4)on2)CC3)NC(=O)[C@@H]2C[C@@H](O)CN2C(=O)[C@@H](NC(=O)C2(F)CC2)C(C)(C)C)cc1. The molecule has 7 amide bonds. The van der Waals surface area contributed by atoms with Gasteiger partial charge in [0.2, 0.25) is 17.7 Å². The van der Waals surface area contributed by atoms with Crippen LogP contribution in [0.15, 0.2) is 76.8 Å². The fourth-order valence-electron chi connectivity index (χ4n) is 10.2. The van der Waals surface area contributed by atoms with Crippen molar-refractivity contribution in [3.8, 4) is 33.3 Å². The maximum Gasteiger partial charge on any atom is 0.273 e. The van der Waals surface area contributed by atoms with Crippen molar-refractivity contribution < 1.29 is 57.4 Å². The van der Waals surface area contributed by atoms with Crippen molar-refractivity contribution in [2.45, 2.75) is 141 Å². The molecule has 2 fully saturated rings. The van der Waals surface area contributed by atoms with Crippen molar-refractivity contribution in [3.05, 3.63) is 106 Å². The molecular weight excluding hydrogens is 1070 g/mol. The van der Waals surface area contributed by atoms with Crippen molar-refractivity contribution in [2.75, 3.05) is 40.3 Å². The summed E-state index contributed by atoms with van der Waals surface area (Å²) in [7, 11) is 3.17. The molecule has 1 aliphatic heterocycles. The van der Waals surface area contributed by atoms with E-state index in [0.717, 1.165) is 72.2 Å². The van der Waals surface area contributed by atoms with Crippen molar-refractivity contribution >= 4 is 52.7 Å². The highest BCUT2D eigenvalue weighted by Crippen LogP contribution is 2.41. The van der Waals surface area contributed by atoms with Crippen LogP contribution in [0.4, 0.5) is 4.39 Å². The highest BCUT2D eigenvalue weighted by atomic mass is 32.1. The number of ether oxygens (including phenoxy) is 1. The van der Waals surface area contributed by atoms with Crippen molar-refractivity contribution in [1.29, 1.82) is 0 Å². The van der Waals surface area contributed by atoms with E-state index in [4.69, 9.17) is 9.26 Å². The molecule has 0 spiro atoms. The average Bonchev–Trinajstić information content (AvgIpc) is 3.89. The number of carbonyl (C=O) groups is 7. The number of aromatic nitrogens is 2. The number of aliphatic hydroxyl groups is 1. The lowest BCUT2D eigenvalue weighted by molar-refractivity contribution is -0.145. The van der Waals surface area contributed by atoms with Gasteiger partial charge in [-0.25, -0.2) is 9.37 Å². The molecule has 20 nitrogen and oxygen atoms in total. The van der Waals surface area contributed by atoms with Gasteiger partial charge < -0.3 is 55.9 Å². The summed E-state index contributed by atoms with van der Waals surface area (Å²) in [5, 5.41) is 39.6. The Morgan fingerprint density at radius 2 is 1.57 bits per heavy atom. The first-order chi connectivity index (χ1) is 39.1. The Bertz CT molecular complexity index is 3130. The van der Waals surface area contributed by atoms with E-state index in [2.05, 4.69) is 36.7 Å². The van der Waals surface area contributed by atoms with Gasteiger partial charge in [-0.05, 0) is 97.4 Å². The van der Waals surface area contributed by atoms with Gasteiger partial charge in [-0.15, -0.1) is 11.3 Å². The molecule has 1 unspecified atom stereocenters. The lowest BCUT2D eigenvalue weighted by Gasteiger charge is -2.36. The zero-order valence-electron chi connectivity index (χ0n) is 47.3. The van der Waals surface area contributed by atoms with Crippen LogP contribution < -0.4 is 31.3 Å². The number of phenols is 1. The second-order valence-electron chi connectivity index (χ2n) is 22.8. The van der Waals surface area contributed by atoms with Gasteiger partial charge >= 0.3 is 0 Å². The topological polar surface area (TPSA) is 275 Å². The Hall–Kier alpha value is -7.72. The summed E-state index contributed by atoms with van der Waals surface area (Å²) >= 11 is 1.50. The molecule has 8 rings (SSSR count). The van der Waals surface area contributed by atoms with E-state index in [0.29, 0.717) is 36.4 Å². The number of aromatic hydroxyl groups is 1.